The van der Waals surface area contributed by atoms with Crippen LogP contribution in [0.3, 0.4) is 0 Å². The quantitative estimate of drug-likeness (QED) is 0.700. The summed E-state index contributed by atoms with van der Waals surface area (Å²) < 4.78 is 38.2. The number of halogens is 3. The van der Waals surface area contributed by atoms with Gasteiger partial charge in [-0.1, -0.05) is 12.1 Å². The Kier molecular flexibility index (Phi) is 4.18. The number of alkyl halides is 3. The molecule has 0 aromatic heterocycles. The third kappa shape index (κ3) is 3.29. The van der Waals surface area contributed by atoms with Gasteiger partial charge in [0, 0.05) is 6.54 Å². The highest BCUT2D eigenvalue weighted by molar-refractivity contribution is 6.59. The van der Waals surface area contributed by atoms with Crippen LogP contribution in [0.1, 0.15) is 29.9 Å². The molecule has 0 amide bonds. The average molecular weight is 273 g/mol. The largest absolute Gasteiger partial charge is 0.488 e. The Hall–Kier alpha value is -1.05. The summed E-state index contributed by atoms with van der Waals surface area (Å²) in [6, 6.07) is 3.07. The van der Waals surface area contributed by atoms with Crippen molar-refractivity contribution in [2.75, 3.05) is 13.1 Å². The second-order valence-corrected chi connectivity index (χ2v) is 4.76. The molecule has 0 aliphatic carbocycles. The van der Waals surface area contributed by atoms with E-state index in [1.165, 1.54) is 0 Å². The van der Waals surface area contributed by atoms with E-state index >= 15 is 0 Å². The lowest BCUT2D eigenvalue weighted by molar-refractivity contribution is -0.137. The van der Waals surface area contributed by atoms with Crippen molar-refractivity contribution in [3.05, 3.63) is 29.3 Å². The summed E-state index contributed by atoms with van der Waals surface area (Å²) in [6.07, 6.45) is -2.81. The van der Waals surface area contributed by atoms with Crippen LogP contribution in [0, 0.1) is 0 Å². The van der Waals surface area contributed by atoms with Gasteiger partial charge in [0.2, 0.25) is 0 Å². The van der Waals surface area contributed by atoms with Crippen molar-refractivity contribution in [2.45, 2.75) is 24.9 Å². The number of benzene rings is 1. The van der Waals surface area contributed by atoms with E-state index in [9.17, 15) is 23.2 Å². The van der Waals surface area contributed by atoms with E-state index in [1.54, 1.807) is 0 Å². The molecule has 1 unspecified atom stereocenters. The Bertz CT molecular complexity index is 445. The average Bonchev–Trinajstić information content (AvgIpc) is 2.38. The van der Waals surface area contributed by atoms with Gasteiger partial charge in [-0.15, -0.1) is 0 Å². The molecule has 3 N–H and O–H groups in total. The molecule has 1 aliphatic heterocycles. The molecule has 3 nitrogen and oxygen atoms in total. The molecule has 19 heavy (non-hydrogen) atoms. The van der Waals surface area contributed by atoms with Crippen molar-refractivity contribution < 1.29 is 23.2 Å². The van der Waals surface area contributed by atoms with E-state index in [-0.39, 0.29) is 11.4 Å². The van der Waals surface area contributed by atoms with Crippen LogP contribution in [-0.2, 0) is 6.18 Å². The summed E-state index contributed by atoms with van der Waals surface area (Å²) in [6.45, 7) is 1.40. The highest BCUT2D eigenvalue weighted by Gasteiger charge is 2.33. The van der Waals surface area contributed by atoms with Gasteiger partial charge >= 0.3 is 13.3 Å². The topological polar surface area (TPSA) is 52.5 Å². The molecular formula is C12H15BF3NO2. The van der Waals surface area contributed by atoms with Gasteiger partial charge < -0.3 is 15.4 Å². The van der Waals surface area contributed by atoms with E-state index in [4.69, 9.17) is 0 Å². The molecule has 1 fully saturated rings. The maximum Gasteiger partial charge on any atom is 0.488 e. The summed E-state index contributed by atoms with van der Waals surface area (Å²) in [7, 11) is -1.75. The molecule has 1 saturated heterocycles. The van der Waals surface area contributed by atoms with Crippen molar-refractivity contribution in [3.63, 3.8) is 0 Å². The maximum absolute atomic E-state index is 12.7. The van der Waals surface area contributed by atoms with Crippen LogP contribution in [0.4, 0.5) is 13.2 Å². The number of rotatable bonds is 2. The van der Waals surface area contributed by atoms with Crippen molar-refractivity contribution in [1.82, 2.24) is 5.32 Å². The first-order valence-electron chi connectivity index (χ1n) is 6.17. The Balaban J connectivity index is 2.41. The summed E-state index contributed by atoms with van der Waals surface area (Å²) in [5, 5.41) is 21.7. The first-order valence-corrected chi connectivity index (χ1v) is 6.17. The summed E-state index contributed by atoms with van der Waals surface area (Å²) >= 11 is 0. The van der Waals surface area contributed by atoms with E-state index in [0.717, 1.165) is 37.6 Å². The number of piperidine rings is 1. The fourth-order valence-electron chi connectivity index (χ4n) is 2.46. The third-order valence-corrected chi connectivity index (χ3v) is 3.43. The standard InChI is InChI=1S/C12H15BF3NO2/c14-12(15,16)9-3-4-11(13(18)19)10(6-9)8-2-1-5-17-7-8/h3-4,6,8,17-19H,1-2,5,7H2. The first kappa shape index (κ1) is 14.4. The van der Waals surface area contributed by atoms with Gasteiger partial charge in [0.25, 0.3) is 0 Å². The summed E-state index contributed by atoms with van der Waals surface area (Å²) in [5.74, 6) is -0.118. The molecule has 1 aliphatic rings. The minimum Gasteiger partial charge on any atom is -0.423 e. The minimum atomic E-state index is -4.42. The lowest BCUT2D eigenvalue weighted by Gasteiger charge is -2.26. The number of nitrogens with one attached hydrogen (secondary N) is 1. The molecule has 1 heterocycles. The second-order valence-electron chi connectivity index (χ2n) is 4.76. The van der Waals surface area contributed by atoms with Crippen LogP contribution in [-0.4, -0.2) is 30.3 Å². The zero-order chi connectivity index (χ0) is 14.0. The summed E-state index contributed by atoms with van der Waals surface area (Å²) in [5.41, 5.74) is -0.226. The molecule has 7 heteroatoms. The van der Waals surface area contributed by atoms with Gasteiger partial charge in [0.05, 0.1) is 5.56 Å². The molecule has 0 spiro atoms. The summed E-state index contributed by atoms with van der Waals surface area (Å²) in [4.78, 5) is 0. The minimum absolute atomic E-state index is 0.118. The van der Waals surface area contributed by atoms with Crippen molar-refractivity contribution in [2.24, 2.45) is 0 Å². The highest BCUT2D eigenvalue weighted by atomic mass is 19.4. The zero-order valence-corrected chi connectivity index (χ0v) is 10.2. The Morgan fingerprint density at radius 3 is 2.53 bits per heavy atom. The van der Waals surface area contributed by atoms with E-state index in [0.29, 0.717) is 12.1 Å². The van der Waals surface area contributed by atoms with Crippen LogP contribution in [0.5, 0.6) is 0 Å². The van der Waals surface area contributed by atoms with Crippen LogP contribution >= 0.6 is 0 Å². The Morgan fingerprint density at radius 2 is 2.00 bits per heavy atom. The first-order chi connectivity index (χ1) is 8.89. The number of hydrogen-bond donors (Lipinski definition) is 3. The Morgan fingerprint density at radius 1 is 1.26 bits per heavy atom. The van der Waals surface area contributed by atoms with Gasteiger partial charge in [-0.05, 0) is 42.4 Å². The maximum atomic E-state index is 12.7. The molecule has 1 atom stereocenters. The third-order valence-electron chi connectivity index (χ3n) is 3.43. The van der Waals surface area contributed by atoms with Gasteiger partial charge in [0.15, 0.2) is 0 Å². The van der Waals surface area contributed by atoms with Gasteiger partial charge in [0.1, 0.15) is 0 Å². The fourth-order valence-corrected chi connectivity index (χ4v) is 2.46. The predicted molar refractivity (Wildman–Crippen MR) is 66.1 cm³/mol. The fraction of sp³-hybridized carbons (Fsp3) is 0.500. The monoisotopic (exact) mass is 273 g/mol. The molecule has 0 radical (unpaired) electrons. The zero-order valence-electron chi connectivity index (χ0n) is 10.2. The lowest BCUT2D eigenvalue weighted by atomic mass is 9.72. The predicted octanol–water partition coefficient (Wildman–Crippen LogP) is 0.852. The van der Waals surface area contributed by atoms with Gasteiger partial charge in [-0.3, -0.25) is 0 Å². The van der Waals surface area contributed by atoms with E-state index in [2.05, 4.69) is 5.32 Å². The van der Waals surface area contributed by atoms with Crippen LogP contribution in [0.2, 0.25) is 0 Å². The molecule has 1 aromatic carbocycles. The van der Waals surface area contributed by atoms with E-state index < -0.39 is 18.9 Å². The van der Waals surface area contributed by atoms with Crippen molar-refractivity contribution in [3.8, 4) is 0 Å². The lowest BCUT2D eigenvalue weighted by Crippen LogP contribution is -2.38. The van der Waals surface area contributed by atoms with Crippen molar-refractivity contribution in [1.29, 1.82) is 0 Å². The Labute approximate surface area is 109 Å². The molecule has 1 aromatic rings. The van der Waals surface area contributed by atoms with Crippen molar-refractivity contribution >= 4 is 12.6 Å². The molecule has 0 bridgehead atoms. The van der Waals surface area contributed by atoms with Crippen LogP contribution in [0.25, 0.3) is 0 Å². The smallest absolute Gasteiger partial charge is 0.423 e. The van der Waals surface area contributed by atoms with Crippen LogP contribution in [0.15, 0.2) is 18.2 Å². The van der Waals surface area contributed by atoms with Gasteiger partial charge in [-0.2, -0.15) is 13.2 Å². The molecule has 2 rings (SSSR count). The normalized spacial score (nSPS) is 20.4. The number of hydrogen-bond acceptors (Lipinski definition) is 3. The van der Waals surface area contributed by atoms with Crippen LogP contribution < -0.4 is 10.8 Å². The molecule has 0 saturated carbocycles. The second kappa shape index (κ2) is 5.52. The van der Waals surface area contributed by atoms with Gasteiger partial charge in [-0.25, -0.2) is 0 Å². The molecular weight excluding hydrogens is 258 g/mol. The molecule has 104 valence electrons. The SMILES string of the molecule is OB(O)c1ccc(C(F)(F)F)cc1C1CCCNC1. The highest BCUT2D eigenvalue weighted by Crippen LogP contribution is 2.32. The van der Waals surface area contributed by atoms with E-state index in [1.807, 2.05) is 0 Å².